The van der Waals surface area contributed by atoms with Crippen LogP contribution in [0.5, 0.6) is 0 Å². The Bertz CT molecular complexity index is 980. The molecule has 4 heterocycles. The third kappa shape index (κ3) is 3.36. The van der Waals surface area contributed by atoms with Crippen molar-refractivity contribution in [2.75, 3.05) is 32.8 Å². The van der Waals surface area contributed by atoms with Gasteiger partial charge in [0.1, 0.15) is 23.2 Å². The van der Waals surface area contributed by atoms with Gasteiger partial charge in [-0.25, -0.2) is 0 Å². The molecular weight excluding hydrogens is 394 g/mol. The predicted octanol–water partition coefficient (Wildman–Crippen LogP) is 2.57. The van der Waals surface area contributed by atoms with Crippen molar-refractivity contribution in [3.8, 4) is 0 Å². The minimum atomic E-state index is -0.326. The number of hydrogen-bond donors (Lipinski definition) is 0. The lowest BCUT2D eigenvalue weighted by atomic mass is 9.96. The molecule has 7 heteroatoms. The van der Waals surface area contributed by atoms with E-state index in [-0.39, 0.29) is 23.5 Å². The number of furan rings is 1. The first-order valence-corrected chi connectivity index (χ1v) is 11.1. The number of carbonyl (C=O) groups is 2. The minimum absolute atomic E-state index is 0.0515. The normalized spacial score (nSPS) is 23.4. The first-order chi connectivity index (χ1) is 15.0. The molecule has 0 saturated carbocycles. The molecule has 0 bridgehead atoms. The summed E-state index contributed by atoms with van der Waals surface area (Å²) in [4.78, 5) is 33.1. The lowest BCUT2D eigenvalue weighted by Crippen LogP contribution is -2.62. The molecule has 3 fully saturated rings. The number of piperazine rings is 1. The Morgan fingerprint density at radius 2 is 1.87 bits per heavy atom. The van der Waals surface area contributed by atoms with Crippen molar-refractivity contribution < 1.29 is 18.7 Å². The molecule has 31 heavy (non-hydrogen) atoms. The average Bonchev–Trinajstić information content (AvgIpc) is 3.24. The zero-order valence-electron chi connectivity index (χ0n) is 18.2. The maximum Gasteiger partial charge on any atom is 0.257 e. The Labute approximate surface area is 182 Å². The Balaban J connectivity index is 1.42. The highest BCUT2D eigenvalue weighted by Gasteiger charge is 2.58. The molecule has 7 nitrogen and oxygen atoms in total. The van der Waals surface area contributed by atoms with Gasteiger partial charge in [-0.2, -0.15) is 0 Å². The van der Waals surface area contributed by atoms with E-state index in [1.807, 2.05) is 36.9 Å². The van der Waals surface area contributed by atoms with Crippen molar-refractivity contribution in [2.45, 2.75) is 44.9 Å². The average molecular weight is 424 g/mol. The number of carbonyl (C=O) groups excluding carboxylic acids is 2. The number of ether oxygens (including phenoxy) is 1. The van der Waals surface area contributed by atoms with E-state index in [1.54, 1.807) is 6.07 Å². The monoisotopic (exact) mass is 423 g/mol. The summed E-state index contributed by atoms with van der Waals surface area (Å²) in [5.41, 5.74) is 1.39. The number of fused-ring (bicyclic) bond motifs is 2. The number of hydrogen-bond acceptors (Lipinski definition) is 5. The molecule has 1 aromatic carbocycles. The van der Waals surface area contributed by atoms with Gasteiger partial charge in [-0.05, 0) is 25.5 Å². The molecule has 0 aliphatic carbocycles. The van der Waals surface area contributed by atoms with Gasteiger partial charge in [0.2, 0.25) is 5.91 Å². The number of aryl methyl sites for hydroxylation is 2. The second-order valence-electron chi connectivity index (χ2n) is 8.79. The quantitative estimate of drug-likeness (QED) is 0.759. The number of benzene rings is 1. The van der Waals surface area contributed by atoms with E-state index in [4.69, 9.17) is 9.15 Å². The van der Waals surface area contributed by atoms with E-state index < -0.39 is 0 Å². The molecule has 1 aromatic heterocycles. The molecule has 164 valence electrons. The van der Waals surface area contributed by atoms with Gasteiger partial charge in [0.25, 0.3) is 5.91 Å². The third-order valence-electron chi connectivity index (χ3n) is 7.00. The molecule has 3 aliphatic heterocycles. The summed E-state index contributed by atoms with van der Waals surface area (Å²) in [6.45, 7) is 7.25. The lowest BCUT2D eigenvalue weighted by molar-refractivity contribution is -0.137. The SMILES string of the molecule is Cc1cc(C(=O)N2CCN3[C@H](C2)C(=O)N(Cc2ccccc2)C32CCOCC2)c(C)o1. The Morgan fingerprint density at radius 1 is 1.13 bits per heavy atom. The van der Waals surface area contributed by atoms with E-state index in [0.717, 1.165) is 24.2 Å². The minimum Gasteiger partial charge on any atom is -0.466 e. The molecule has 3 saturated heterocycles. The maximum atomic E-state index is 13.7. The van der Waals surface area contributed by atoms with Gasteiger partial charge in [0.05, 0.1) is 18.8 Å². The fraction of sp³-hybridized carbons (Fsp3) is 0.500. The summed E-state index contributed by atoms with van der Waals surface area (Å²) < 4.78 is 11.2. The number of nitrogens with zero attached hydrogens (tertiary/aromatic N) is 3. The van der Waals surface area contributed by atoms with Crippen molar-refractivity contribution in [3.05, 3.63) is 59.0 Å². The van der Waals surface area contributed by atoms with Crippen LogP contribution in [0.15, 0.2) is 40.8 Å². The Hall–Kier alpha value is -2.64. The molecule has 0 radical (unpaired) electrons. The van der Waals surface area contributed by atoms with Crippen molar-refractivity contribution in [1.29, 1.82) is 0 Å². The van der Waals surface area contributed by atoms with Crippen LogP contribution in [0, 0.1) is 13.8 Å². The van der Waals surface area contributed by atoms with Crippen LogP contribution < -0.4 is 0 Å². The number of amides is 2. The first kappa shape index (κ1) is 20.3. The van der Waals surface area contributed by atoms with Crippen LogP contribution in [-0.2, 0) is 16.1 Å². The molecule has 3 aliphatic rings. The van der Waals surface area contributed by atoms with Crippen LogP contribution in [0.25, 0.3) is 0 Å². The first-order valence-electron chi connectivity index (χ1n) is 11.1. The Morgan fingerprint density at radius 3 is 2.55 bits per heavy atom. The summed E-state index contributed by atoms with van der Waals surface area (Å²) >= 11 is 0. The van der Waals surface area contributed by atoms with Gasteiger partial charge in [0.15, 0.2) is 0 Å². The molecule has 2 amide bonds. The van der Waals surface area contributed by atoms with Gasteiger partial charge in [-0.3, -0.25) is 14.5 Å². The summed E-state index contributed by atoms with van der Waals surface area (Å²) in [6, 6.07) is 11.6. The molecule has 1 atom stereocenters. The van der Waals surface area contributed by atoms with Crippen molar-refractivity contribution >= 4 is 11.8 Å². The standard InChI is InChI=1S/C24H29N3O4/c1-17-14-20(18(2)31-17)22(28)25-10-11-26-21(16-25)23(29)27(15-19-6-4-3-5-7-19)24(26)8-12-30-13-9-24/h3-7,14,21H,8-13,15-16H2,1-2H3/t21-/m1/s1. The van der Waals surface area contributed by atoms with Crippen molar-refractivity contribution in [1.82, 2.24) is 14.7 Å². The molecular formula is C24H29N3O4. The Kier molecular flexibility index (Phi) is 5.10. The summed E-state index contributed by atoms with van der Waals surface area (Å²) in [6.07, 6.45) is 1.60. The molecule has 0 N–H and O–H groups in total. The van der Waals surface area contributed by atoms with Crippen LogP contribution in [-0.4, -0.2) is 71.1 Å². The fourth-order valence-electron chi connectivity index (χ4n) is 5.48. The van der Waals surface area contributed by atoms with Crippen LogP contribution in [0.1, 0.15) is 40.3 Å². The summed E-state index contributed by atoms with van der Waals surface area (Å²) in [7, 11) is 0. The van der Waals surface area contributed by atoms with E-state index in [9.17, 15) is 9.59 Å². The van der Waals surface area contributed by atoms with Gasteiger partial charge in [-0.15, -0.1) is 0 Å². The second-order valence-corrected chi connectivity index (χ2v) is 8.79. The van der Waals surface area contributed by atoms with Crippen LogP contribution >= 0.6 is 0 Å². The van der Waals surface area contributed by atoms with Crippen molar-refractivity contribution in [3.63, 3.8) is 0 Å². The maximum absolute atomic E-state index is 13.7. The van der Waals surface area contributed by atoms with Gasteiger partial charge in [-0.1, -0.05) is 30.3 Å². The topological polar surface area (TPSA) is 66.2 Å². The second kappa shape index (κ2) is 7.80. The summed E-state index contributed by atoms with van der Waals surface area (Å²) in [5.74, 6) is 1.42. The van der Waals surface area contributed by atoms with E-state index in [1.165, 1.54) is 0 Å². The van der Waals surface area contributed by atoms with Crippen LogP contribution in [0.2, 0.25) is 0 Å². The number of rotatable bonds is 3. The highest BCUT2D eigenvalue weighted by molar-refractivity contribution is 5.96. The molecule has 0 unspecified atom stereocenters. The van der Waals surface area contributed by atoms with Crippen molar-refractivity contribution in [2.24, 2.45) is 0 Å². The smallest absolute Gasteiger partial charge is 0.257 e. The molecule has 5 rings (SSSR count). The van der Waals surface area contributed by atoms with E-state index in [2.05, 4.69) is 21.9 Å². The van der Waals surface area contributed by atoms with E-state index in [0.29, 0.717) is 50.7 Å². The van der Waals surface area contributed by atoms with Gasteiger partial charge in [0, 0.05) is 39.0 Å². The third-order valence-corrected chi connectivity index (χ3v) is 7.00. The fourth-order valence-corrected chi connectivity index (χ4v) is 5.48. The zero-order valence-corrected chi connectivity index (χ0v) is 18.2. The van der Waals surface area contributed by atoms with Gasteiger partial charge < -0.3 is 19.0 Å². The highest BCUT2D eigenvalue weighted by atomic mass is 16.5. The largest absolute Gasteiger partial charge is 0.466 e. The zero-order chi connectivity index (χ0) is 21.6. The van der Waals surface area contributed by atoms with Crippen LogP contribution in [0.3, 0.4) is 0 Å². The highest BCUT2D eigenvalue weighted by Crippen LogP contribution is 2.42. The lowest BCUT2D eigenvalue weighted by Gasteiger charge is -2.49. The predicted molar refractivity (Wildman–Crippen MR) is 114 cm³/mol. The van der Waals surface area contributed by atoms with Crippen LogP contribution in [0.4, 0.5) is 0 Å². The van der Waals surface area contributed by atoms with E-state index >= 15 is 0 Å². The molecule has 1 spiro atoms. The molecule has 2 aromatic rings. The summed E-state index contributed by atoms with van der Waals surface area (Å²) in [5, 5.41) is 0. The van der Waals surface area contributed by atoms with Gasteiger partial charge >= 0.3 is 0 Å².